The monoisotopic (exact) mass is 759 g/mol. The number of rotatable bonds is 14. The second kappa shape index (κ2) is 17.1. The largest absolute Gasteiger partial charge is 0.497 e. The first-order chi connectivity index (χ1) is 24.6. The van der Waals surface area contributed by atoms with E-state index in [4.69, 9.17) is 19.6 Å². The van der Waals surface area contributed by atoms with Crippen LogP contribution in [0.15, 0.2) is 89.6 Å². The summed E-state index contributed by atoms with van der Waals surface area (Å²) in [6.07, 6.45) is 2.12. The zero-order valence-electron chi connectivity index (χ0n) is 28.4. The molecule has 2 aromatic carbocycles. The Morgan fingerprint density at radius 3 is 1.58 bits per heavy atom. The maximum absolute atomic E-state index is 12.5. The quantitative estimate of drug-likeness (QED) is 0.158. The van der Waals surface area contributed by atoms with Gasteiger partial charge in [-0.05, 0) is 72.8 Å². The summed E-state index contributed by atoms with van der Waals surface area (Å²) in [5.74, 6) is 0.146. The molecule has 19 heteroatoms. The van der Waals surface area contributed by atoms with E-state index >= 15 is 0 Å². The van der Waals surface area contributed by atoms with Crippen LogP contribution in [0.25, 0.3) is 11.5 Å². The molecular weight excluding hydrogens is 725 g/mol. The average molecular weight is 760 g/mol. The lowest BCUT2D eigenvalue weighted by molar-refractivity contribution is 0.100. The fraction of sp³-hybridized carbons (Fsp3) is 0.242. The first-order valence-electron chi connectivity index (χ1n) is 15.1. The van der Waals surface area contributed by atoms with Crippen LogP contribution in [0.2, 0.25) is 0 Å². The Kier molecular flexibility index (Phi) is 12.9. The van der Waals surface area contributed by atoms with Crippen molar-refractivity contribution < 1.29 is 44.3 Å². The molecule has 0 saturated carbocycles. The lowest BCUT2D eigenvalue weighted by atomic mass is 10.2. The van der Waals surface area contributed by atoms with E-state index in [0.717, 1.165) is 12.5 Å². The predicted octanol–water partition coefficient (Wildman–Crippen LogP) is 4.24. The number of carbonyl (C=O) groups excluding carboxylic acids is 1. The van der Waals surface area contributed by atoms with Crippen LogP contribution in [0.1, 0.15) is 34.1 Å². The van der Waals surface area contributed by atoms with Crippen molar-refractivity contribution in [3.05, 3.63) is 108 Å². The van der Waals surface area contributed by atoms with E-state index in [1.807, 2.05) is 0 Å². The number of alkyl halides is 2. The van der Waals surface area contributed by atoms with Gasteiger partial charge in [-0.15, -0.1) is 10.2 Å². The molecule has 3 aromatic heterocycles. The molecule has 15 nitrogen and oxygen atoms in total. The van der Waals surface area contributed by atoms with Crippen LogP contribution < -0.4 is 23.8 Å². The molecule has 3 heterocycles. The third kappa shape index (κ3) is 10.5. The van der Waals surface area contributed by atoms with Gasteiger partial charge >= 0.3 is 6.43 Å². The summed E-state index contributed by atoms with van der Waals surface area (Å²) in [5, 5.41) is 6.80. The molecular formula is C33H35F2N7O8S2. The number of ether oxygens (including phenoxy) is 2. The van der Waals surface area contributed by atoms with Crippen molar-refractivity contribution in [1.82, 2.24) is 20.2 Å². The number of nitrogens with two attached hydrogens (primary N) is 1. The van der Waals surface area contributed by atoms with E-state index in [1.165, 1.54) is 35.2 Å². The van der Waals surface area contributed by atoms with Crippen LogP contribution in [0.3, 0.4) is 0 Å². The minimum atomic E-state index is -3.58. The van der Waals surface area contributed by atoms with Gasteiger partial charge in [0.25, 0.3) is 5.89 Å². The molecule has 2 N–H and O–H groups in total. The standard InChI is InChI=1S/C17H16F2N4O4S.C16H19N3O4S/c1-26-14-7-5-13(6-8-14)23(28(2,24)25)10-12-4-3-11(9-20-12)16-21-22-17(27-16)15(18)19;1-23-15-7-5-14(6-8-15)19(24(2,21)22)11-13-4-3-12(10-18-13)16(20)9-17/h3-9,15H,10H2,1-2H3;3-8,10H,9,11,17H2,1-2H3. The SMILES string of the molecule is COc1ccc(N(Cc2ccc(-c3nnc(C(F)F)o3)cn2)S(C)(=O)=O)cc1.COc1ccc(N(Cc2ccc(C(=O)CN)cn2)S(C)(=O)=O)cc1. The fourth-order valence-electron chi connectivity index (χ4n) is 4.48. The maximum atomic E-state index is 12.5. The van der Waals surface area contributed by atoms with Crippen molar-refractivity contribution in [2.75, 3.05) is 41.9 Å². The Balaban J connectivity index is 0.000000236. The molecule has 0 fully saturated rings. The zero-order valence-corrected chi connectivity index (χ0v) is 30.0. The molecule has 0 saturated heterocycles. The number of sulfonamides is 2. The van der Waals surface area contributed by atoms with Gasteiger partial charge in [0.2, 0.25) is 25.9 Å². The van der Waals surface area contributed by atoms with Crippen LogP contribution in [-0.4, -0.2) is 76.1 Å². The molecule has 0 radical (unpaired) electrons. The van der Waals surface area contributed by atoms with Gasteiger partial charge in [-0.25, -0.2) is 16.8 Å². The summed E-state index contributed by atoms with van der Waals surface area (Å²) in [5.41, 5.74) is 7.97. The molecule has 0 spiro atoms. The molecule has 0 atom stereocenters. The van der Waals surface area contributed by atoms with Gasteiger partial charge in [0.15, 0.2) is 5.78 Å². The van der Waals surface area contributed by atoms with E-state index in [-0.39, 0.29) is 31.3 Å². The molecule has 0 aliphatic heterocycles. The smallest absolute Gasteiger partial charge is 0.314 e. The number of carbonyl (C=O) groups is 1. The van der Waals surface area contributed by atoms with Crippen LogP contribution in [0.5, 0.6) is 11.5 Å². The number of nitrogens with zero attached hydrogens (tertiary/aromatic N) is 6. The third-order valence-corrected chi connectivity index (χ3v) is 9.44. The molecule has 52 heavy (non-hydrogen) atoms. The Morgan fingerprint density at radius 1 is 0.750 bits per heavy atom. The van der Waals surface area contributed by atoms with Crippen molar-refractivity contribution in [1.29, 1.82) is 0 Å². The van der Waals surface area contributed by atoms with Gasteiger partial charge in [0.05, 0.1) is 74.7 Å². The number of benzene rings is 2. The molecule has 276 valence electrons. The summed E-state index contributed by atoms with van der Waals surface area (Å²) in [6, 6.07) is 19.5. The highest BCUT2D eigenvalue weighted by atomic mass is 32.2. The number of methoxy groups -OCH3 is 2. The van der Waals surface area contributed by atoms with Crippen LogP contribution in [-0.2, 0) is 33.1 Å². The topological polar surface area (TPSA) is 201 Å². The van der Waals surface area contributed by atoms with Gasteiger partial charge in [-0.1, -0.05) is 0 Å². The first kappa shape index (κ1) is 39.3. The number of pyridine rings is 2. The van der Waals surface area contributed by atoms with Gasteiger partial charge in [-0.3, -0.25) is 23.4 Å². The zero-order chi connectivity index (χ0) is 38.1. The van der Waals surface area contributed by atoms with Crippen LogP contribution in [0, 0.1) is 0 Å². The van der Waals surface area contributed by atoms with Gasteiger partial charge in [0, 0.05) is 18.0 Å². The lowest BCUT2D eigenvalue weighted by Crippen LogP contribution is -2.29. The first-order valence-corrected chi connectivity index (χ1v) is 18.8. The number of Topliss-reactive ketones (excluding diaryl/α,β-unsaturated/α-hetero) is 1. The molecule has 5 rings (SSSR count). The number of hydrogen-bond acceptors (Lipinski definition) is 13. The number of anilines is 2. The molecule has 0 unspecified atom stereocenters. The molecule has 5 aromatic rings. The number of halogens is 2. The molecule has 0 aliphatic carbocycles. The summed E-state index contributed by atoms with van der Waals surface area (Å²) in [7, 11) is -4.02. The van der Waals surface area contributed by atoms with Crippen LogP contribution >= 0.6 is 0 Å². The van der Waals surface area contributed by atoms with E-state index in [1.54, 1.807) is 72.8 Å². The highest BCUT2D eigenvalue weighted by molar-refractivity contribution is 7.92. The Labute approximate surface area is 299 Å². The van der Waals surface area contributed by atoms with Crippen molar-refractivity contribution in [3.8, 4) is 23.0 Å². The Morgan fingerprint density at radius 2 is 1.23 bits per heavy atom. The van der Waals surface area contributed by atoms with Gasteiger partial charge in [-0.2, -0.15) is 8.78 Å². The van der Waals surface area contributed by atoms with E-state index < -0.39 is 32.4 Å². The van der Waals surface area contributed by atoms with Crippen LogP contribution in [0.4, 0.5) is 20.2 Å². The van der Waals surface area contributed by atoms with Gasteiger partial charge < -0.3 is 19.6 Å². The number of ketones is 1. The number of aromatic nitrogens is 4. The van der Waals surface area contributed by atoms with E-state index in [2.05, 4.69) is 20.2 Å². The summed E-state index contributed by atoms with van der Waals surface area (Å²) < 4.78 is 91.2. The Bertz CT molecular complexity index is 2150. The normalized spacial score (nSPS) is 11.4. The van der Waals surface area contributed by atoms with Crippen molar-refractivity contribution >= 4 is 37.2 Å². The summed E-state index contributed by atoms with van der Waals surface area (Å²) >= 11 is 0. The number of hydrogen-bond donors (Lipinski definition) is 1. The van der Waals surface area contributed by atoms with Crippen molar-refractivity contribution in [2.24, 2.45) is 5.73 Å². The third-order valence-electron chi connectivity index (χ3n) is 7.16. The second-order valence-corrected chi connectivity index (χ2v) is 14.7. The van der Waals surface area contributed by atoms with E-state index in [9.17, 15) is 30.4 Å². The highest BCUT2D eigenvalue weighted by Gasteiger charge is 2.21. The summed E-state index contributed by atoms with van der Waals surface area (Å²) in [6.45, 7) is -0.0534. The second-order valence-electron chi connectivity index (χ2n) is 10.9. The fourth-order valence-corrected chi connectivity index (χ4v) is 6.22. The average Bonchev–Trinajstić information content (AvgIpc) is 3.64. The lowest BCUT2D eigenvalue weighted by Gasteiger charge is -2.22. The highest BCUT2D eigenvalue weighted by Crippen LogP contribution is 2.26. The molecule has 0 bridgehead atoms. The molecule has 0 aliphatic rings. The van der Waals surface area contributed by atoms with E-state index in [0.29, 0.717) is 45.4 Å². The van der Waals surface area contributed by atoms with Crippen molar-refractivity contribution in [3.63, 3.8) is 0 Å². The Hall–Kier alpha value is -5.53. The van der Waals surface area contributed by atoms with Crippen molar-refractivity contribution in [2.45, 2.75) is 19.5 Å². The minimum Gasteiger partial charge on any atom is -0.497 e. The minimum absolute atomic E-state index is 0.0163. The summed E-state index contributed by atoms with van der Waals surface area (Å²) in [4.78, 5) is 19.8. The predicted molar refractivity (Wildman–Crippen MR) is 188 cm³/mol. The molecule has 0 amide bonds. The van der Waals surface area contributed by atoms with Gasteiger partial charge in [0.1, 0.15) is 11.5 Å². The maximum Gasteiger partial charge on any atom is 0.314 e.